The van der Waals surface area contributed by atoms with E-state index in [-0.39, 0.29) is 35.7 Å². The molecule has 0 aliphatic heterocycles. The van der Waals surface area contributed by atoms with Crippen molar-refractivity contribution in [1.29, 1.82) is 0 Å². The summed E-state index contributed by atoms with van der Waals surface area (Å²) >= 11 is 0. The predicted molar refractivity (Wildman–Crippen MR) is 90.9 cm³/mol. The van der Waals surface area contributed by atoms with Gasteiger partial charge in [-0.05, 0) is 32.1 Å². The number of rotatable bonds is 15. The molecule has 0 saturated carbocycles. The van der Waals surface area contributed by atoms with E-state index in [2.05, 4.69) is 13.8 Å². The zero-order valence-electron chi connectivity index (χ0n) is 15.4. The summed E-state index contributed by atoms with van der Waals surface area (Å²) < 4.78 is 33.9. The Morgan fingerprint density at radius 3 is 1.70 bits per heavy atom. The van der Waals surface area contributed by atoms with Crippen LogP contribution in [-0.4, -0.2) is 29.4 Å². The Labute approximate surface area is 165 Å². The largest absolute Gasteiger partial charge is 1.00 e. The van der Waals surface area contributed by atoms with Gasteiger partial charge < -0.3 is 9.66 Å². The molecule has 0 aromatic heterocycles. The molecule has 0 bridgehead atoms. The molecule has 0 spiro atoms. The fourth-order valence-corrected chi connectivity index (χ4v) is 3.67. The summed E-state index contributed by atoms with van der Waals surface area (Å²) in [5, 5.41) is 9.12. The maximum Gasteiger partial charge on any atom is 1.00 e. The van der Waals surface area contributed by atoms with Gasteiger partial charge in [0.25, 0.3) is 0 Å². The molecule has 0 rings (SSSR count). The molecule has 0 amide bonds. The first-order valence-electron chi connectivity index (χ1n) is 9.04. The molecule has 0 radical (unpaired) electrons. The zero-order chi connectivity index (χ0) is 16.8. The van der Waals surface area contributed by atoms with Crippen molar-refractivity contribution in [2.24, 2.45) is 0 Å². The average molecular weight is 359 g/mol. The Morgan fingerprint density at radius 2 is 1.22 bits per heavy atom. The molecule has 0 aromatic carbocycles. The van der Waals surface area contributed by atoms with Crippen LogP contribution in [0.4, 0.5) is 0 Å². The summed E-state index contributed by atoms with van der Waals surface area (Å²) in [6, 6.07) is 0. The Balaban J connectivity index is 0. The van der Waals surface area contributed by atoms with E-state index in [0.717, 1.165) is 44.9 Å². The van der Waals surface area contributed by atoms with Gasteiger partial charge >= 0.3 is 29.6 Å². The van der Waals surface area contributed by atoms with Gasteiger partial charge in [0.2, 0.25) is 0 Å². The van der Waals surface area contributed by atoms with E-state index in [1.165, 1.54) is 12.8 Å². The molecule has 0 saturated heterocycles. The summed E-state index contributed by atoms with van der Waals surface area (Å²) in [7, 11) is -4.21. The molecule has 6 heteroatoms. The molecule has 2 atom stereocenters. The summed E-state index contributed by atoms with van der Waals surface area (Å²) in [5.41, 5.74) is 0. The van der Waals surface area contributed by atoms with Crippen LogP contribution in [0.15, 0.2) is 0 Å². The molecular weight excluding hydrogens is 323 g/mol. The van der Waals surface area contributed by atoms with Crippen LogP contribution in [-0.2, 0) is 10.1 Å². The van der Waals surface area contributed by atoms with Crippen molar-refractivity contribution in [2.45, 2.75) is 109 Å². The van der Waals surface area contributed by atoms with Crippen molar-refractivity contribution in [3.05, 3.63) is 0 Å². The fourth-order valence-electron chi connectivity index (χ4n) is 2.76. The molecule has 0 heterocycles. The zero-order valence-corrected chi connectivity index (χ0v) is 18.2. The van der Waals surface area contributed by atoms with Crippen LogP contribution in [0.25, 0.3) is 0 Å². The molecule has 23 heavy (non-hydrogen) atoms. The predicted octanol–water partition coefficient (Wildman–Crippen LogP) is 1.38. The van der Waals surface area contributed by atoms with Crippen molar-refractivity contribution in [1.82, 2.24) is 0 Å². The van der Waals surface area contributed by atoms with Crippen LogP contribution in [0.2, 0.25) is 0 Å². The van der Waals surface area contributed by atoms with Gasteiger partial charge in [-0.15, -0.1) is 0 Å². The van der Waals surface area contributed by atoms with Gasteiger partial charge in [-0.1, -0.05) is 65.2 Å². The third kappa shape index (κ3) is 16.1. The van der Waals surface area contributed by atoms with E-state index >= 15 is 0 Å². The van der Waals surface area contributed by atoms with E-state index < -0.39 is 15.4 Å². The first-order valence-corrected chi connectivity index (χ1v) is 10.5. The van der Waals surface area contributed by atoms with Crippen LogP contribution in [0, 0.1) is 0 Å². The van der Waals surface area contributed by atoms with Gasteiger partial charge in [0, 0.05) is 5.25 Å². The third-order valence-electron chi connectivity index (χ3n) is 4.24. The summed E-state index contributed by atoms with van der Waals surface area (Å²) in [4.78, 5) is 0. The molecule has 2 unspecified atom stereocenters. The standard InChI is InChI=1S/C17H36O4S.Na/c1-3-5-7-9-12-16(18)13-11-15-17(22(19,20)21)14-10-8-6-4-2;/h16-18H,3-15H2,1-2H3,(H,19,20,21);/q;+1/p-1. The van der Waals surface area contributed by atoms with Crippen LogP contribution >= 0.6 is 0 Å². The summed E-state index contributed by atoms with van der Waals surface area (Å²) in [6.45, 7) is 4.25. The Bertz CT molecular complexity index is 347. The monoisotopic (exact) mass is 358 g/mol. The van der Waals surface area contributed by atoms with Crippen molar-refractivity contribution in [3.63, 3.8) is 0 Å². The minimum atomic E-state index is -4.21. The average Bonchev–Trinajstić information content (AvgIpc) is 2.45. The summed E-state index contributed by atoms with van der Waals surface area (Å²) in [6.07, 6.45) is 11.0. The molecular formula is C17H35NaO4S. The van der Waals surface area contributed by atoms with Gasteiger partial charge in [0.1, 0.15) is 0 Å². The van der Waals surface area contributed by atoms with E-state index in [1.54, 1.807) is 0 Å². The second-order valence-electron chi connectivity index (χ2n) is 6.40. The molecule has 1 N–H and O–H groups in total. The minimum absolute atomic E-state index is 0. The van der Waals surface area contributed by atoms with E-state index in [0.29, 0.717) is 25.7 Å². The number of hydrogen-bond donors (Lipinski definition) is 1. The van der Waals surface area contributed by atoms with Gasteiger partial charge in [0.15, 0.2) is 0 Å². The molecule has 0 aliphatic rings. The van der Waals surface area contributed by atoms with Gasteiger partial charge in [-0.3, -0.25) is 0 Å². The molecule has 0 fully saturated rings. The normalized spacial score (nSPS) is 14.3. The first-order chi connectivity index (χ1) is 10.4. The van der Waals surface area contributed by atoms with Gasteiger partial charge in [-0.2, -0.15) is 0 Å². The van der Waals surface area contributed by atoms with Crippen LogP contribution < -0.4 is 29.6 Å². The van der Waals surface area contributed by atoms with Crippen molar-refractivity contribution in [3.8, 4) is 0 Å². The number of hydrogen-bond acceptors (Lipinski definition) is 4. The fraction of sp³-hybridized carbons (Fsp3) is 1.00. The van der Waals surface area contributed by atoms with Crippen LogP contribution in [0.3, 0.4) is 0 Å². The Morgan fingerprint density at radius 1 is 0.783 bits per heavy atom. The topological polar surface area (TPSA) is 77.4 Å². The third-order valence-corrected chi connectivity index (χ3v) is 5.53. The second kappa shape index (κ2) is 16.3. The maximum atomic E-state index is 11.3. The Kier molecular flexibility index (Phi) is 18.5. The minimum Gasteiger partial charge on any atom is -0.748 e. The quantitative estimate of drug-likeness (QED) is 0.272. The Hall–Kier alpha value is 0.870. The van der Waals surface area contributed by atoms with Gasteiger partial charge in [-0.25, -0.2) is 8.42 Å². The number of aliphatic hydroxyl groups excluding tert-OH is 1. The SMILES string of the molecule is CCCCCCC(O)CCCC(CCCCCC)S(=O)(=O)[O-].[Na+]. The van der Waals surface area contributed by atoms with E-state index in [4.69, 9.17) is 0 Å². The van der Waals surface area contributed by atoms with Gasteiger partial charge in [0.05, 0.1) is 16.2 Å². The first kappa shape index (κ1) is 26.1. The number of aliphatic hydroxyl groups is 1. The number of unbranched alkanes of at least 4 members (excludes halogenated alkanes) is 6. The van der Waals surface area contributed by atoms with Crippen molar-refractivity contribution < 1.29 is 47.6 Å². The van der Waals surface area contributed by atoms with Crippen LogP contribution in [0.5, 0.6) is 0 Å². The smallest absolute Gasteiger partial charge is 0.748 e. The molecule has 134 valence electrons. The molecule has 0 aromatic rings. The molecule has 4 nitrogen and oxygen atoms in total. The second-order valence-corrected chi connectivity index (χ2v) is 8.05. The molecule has 0 aliphatic carbocycles. The van der Waals surface area contributed by atoms with Crippen molar-refractivity contribution >= 4 is 10.1 Å². The van der Waals surface area contributed by atoms with Crippen molar-refractivity contribution in [2.75, 3.05) is 0 Å². The van der Waals surface area contributed by atoms with Crippen LogP contribution in [0.1, 0.15) is 97.3 Å². The van der Waals surface area contributed by atoms with E-state index in [9.17, 15) is 18.1 Å². The van der Waals surface area contributed by atoms with E-state index in [1.807, 2.05) is 0 Å². The summed E-state index contributed by atoms with van der Waals surface area (Å²) in [5.74, 6) is 0. The maximum absolute atomic E-state index is 11.3.